The lowest BCUT2D eigenvalue weighted by Gasteiger charge is -2.07. The Kier molecular flexibility index (Phi) is 4.93. The molecule has 19 heavy (non-hydrogen) atoms. The largest absolute Gasteiger partial charge is 0.406 e. The molecule has 2 heterocycles. The van der Waals surface area contributed by atoms with Crippen LogP contribution in [0.2, 0.25) is 0 Å². The maximum Gasteiger partial charge on any atom is 0.315 e. The SMILES string of the molecule is CCCNC(C)c1nnc(NCc2cscc2C)o1. The zero-order valence-corrected chi connectivity index (χ0v) is 12.4. The van der Waals surface area contributed by atoms with Crippen molar-refractivity contribution in [3.63, 3.8) is 0 Å². The summed E-state index contributed by atoms with van der Waals surface area (Å²) in [5.41, 5.74) is 2.55. The molecule has 0 saturated heterocycles. The maximum atomic E-state index is 5.59. The lowest BCUT2D eigenvalue weighted by atomic mass is 10.2. The molecule has 0 saturated carbocycles. The summed E-state index contributed by atoms with van der Waals surface area (Å²) in [5.74, 6) is 0.623. The second kappa shape index (κ2) is 6.68. The Labute approximate surface area is 117 Å². The van der Waals surface area contributed by atoms with Crippen LogP contribution >= 0.6 is 11.3 Å². The average Bonchev–Trinajstić information content (AvgIpc) is 3.02. The Hall–Kier alpha value is -1.40. The third-order valence-corrected chi connectivity index (χ3v) is 3.81. The summed E-state index contributed by atoms with van der Waals surface area (Å²) in [4.78, 5) is 0. The quantitative estimate of drug-likeness (QED) is 0.816. The third-order valence-electron chi connectivity index (χ3n) is 2.90. The molecular weight excluding hydrogens is 260 g/mol. The highest BCUT2D eigenvalue weighted by Gasteiger charge is 2.12. The number of aryl methyl sites for hydroxylation is 1. The van der Waals surface area contributed by atoms with Crippen LogP contribution < -0.4 is 10.6 Å². The Morgan fingerprint density at radius 3 is 2.89 bits per heavy atom. The first-order valence-corrected chi connectivity index (χ1v) is 7.47. The second-order valence-electron chi connectivity index (χ2n) is 4.55. The van der Waals surface area contributed by atoms with E-state index in [1.807, 2.05) is 6.92 Å². The van der Waals surface area contributed by atoms with Crippen molar-refractivity contribution >= 4 is 17.4 Å². The molecule has 2 rings (SSSR count). The number of nitrogens with one attached hydrogen (secondary N) is 2. The van der Waals surface area contributed by atoms with Crippen LogP contribution in [-0.4, -0.2) is 16.7 Å². The highest BCUT2D eigenvalue weighted by atomic mass is 32.1. The van der Waals surface area contributed by atoms with Gasteiger partial charge in [0.2, 0.25) is 5.89 Å². The van der Waals surface area contributed by atoms with Gasteiger partial charge in [0.05, 0.1) is 6.04 Å². The lowest BCUT2D eigenvalue weighted by molar-refractivity contribution is 0.423. The summed E-state index contributed by atoms with van der Waals surface area (Å²) in [6.07, 6.45) is 1.08. The first-order valence-electron chi connectivity index (χ1n) is 6.53. The van der Waals surface area contributed by atoms with Gasteiger partial charge in [0.1, 0.15) is 0 Å². The molecule has 0 amide bonds. The van der Waals surface area contributed by atoms with Gasteiger partial charge >= 0.3 is 6.01 Å². The lowest BCUT2D eigenvalue weighted by Crippen LogP contribution is -2.19. The maximum absolute atomic E-state index is 5.59. The van der Waals surface area contributed by atoms with Gasteiger partial charge in [0, 0.05) is 6.54 Å². The van der Waals surface area contributed by atoms with Crippen molar-refractivity contribution in [3.8, 4) is 0 Å². The zero-order valence-electron chi connectivity index (χ0n) is 11.6. The van der Waals surface area contributed by atoms with Crippen LogP contribution in [0.1, 0.15) is 43.3 Å². The topological polar surface area (TPSA) is 63.0 Å². The van der Waals surface area contributed by atoms with Gasteiger partial charge in [0.25, 0.3) is 0 Å². The van der Waals surface area contributed by atoms with Crippen molar-refractivity contribution in [3.05, 3.63) is 27.8 Å². The Bertz CT molecular complexity index is 508. The van der Waals surface area contributed by atoms with Gasteiger partial charge in [-0.05, 0) is 48.7 Å². The summed E-state index contributed by atoms with van der Waals surface area (Å²) < 4.78 is 5.59. The fraction of sp³-hybridized carbons (Fsp3) is 0.538. The van der Waals surface area contributed by atoms with E-state index >= 15 is 0 Å². The van der Waals surface area contributed by atoms with Crippen molar-refractivity contribution < 1.29 is 4.42 Å². The number of rotatable bonds is 7. The third kappa shape index (κ3) is 3.78. The zero-order chi connectivity index (χ0) is 13.7. The van der Waals surface area contributed by atoms with E-state index in [4.69, 9.17) is 4.42 Å². The first kappa shape index (κ1) is 14.0. The molecule has 104 valence electrons. The minimum absolute atomic E-state index is 0.0888. The number of aromatic nitrogens is 2. The van der Waals surface area contributed by atoms with E-state index in [9.17, 15) is 0 Å². The molecule has 0 aromatic carbocycles. The van der Waals surface area contributed by atoms with E-state index in [2.05, 4.69) is 45.4 Å². The van der Waals surface area contributed by atoms with Gasteiger partial charge < -0.3 is 15.1 Å². The molecule has 1 atom stereocenters. The van der Waals surface area contributed by atoms with Gasteiger partial charge in [-0.1, -0.05) is 12.0 Å². The number of thiophene rings is 1. The fourth-order valence-corrected chi connectivity index (χ4v) is 2.52. The molecule has 2 aromatic heterocycles. The standard InChI is InChI=1S/C13H20N4OS/c1-4-5-14-10(3)12-16-17-13(18-12)15-6-11-8-19-7-9(11)2/h7-8,10,14H,4-6H2,1-3H3,(H,15,17). The smallest absolute Gasteiger partial charge is 0.315 e. The predicted molar refractivity (Wildman–Crippen MR) is 77.4 cm³/mol. The van der Waals surface area contributed by atoms with E-state index < -0.39 is 0 Å². The van der Waals surface area contributed by atoms with E-state index in [0.29, 0.717) is 18.5 Å². The van der Waals surface area contributed by atoms with Gasteiger partial charge in [-0.15, -0.1) is 5.10 Å². The summed E-state index contributed by atoms with van der Waals surface area (Å²) in [5, 5.41) is 18.8. The molecule has 2 aromatic rings. The van der Waals surface area contributed by atoms with Gasteiger partial charge in [-0.2, -0.15) is 11.3 Å². The van der Waals surface area contributed by atoms with Crippen LogP contribution in [0, 0.1) is 6.92 Å². The molecule has 0 aliphatic carbocycles. The van der Waals surface area contributed by atoms with E-state index in [1.54, 1.807) is 11.3 Å². The molecule has 0 fully saturated rings. The van der Waals surface area contributed by atoms with Crippen LogP contribution in [0.3, 0.4) is 0 Å². The second-order valence-corrected chi connectivity index (χ2v) is 5.30. The summed E-state index contributed by atoms with van der Waals surface area (Å²) in [6, 6.07) is 0.566. The number of hydrogen-bond acceptors (Lipinski definition) is 6. The summed E-state index contributed by atoms with van der Waals surface area (Å²) in [7, 11) is 0. The van der Waals surface area contributed by atoms with Crippen LogP contribution in [0.4, 0.5) is 6.01 Å². The molecule has 5 nitrogen and oxygen atoms in total. The Morgan fingerprint density at radius 2 is 2.21 bits per heavy atom. The van der Waals surface area contributed by atoms with Crippen molar-refractivity contribution in [1.82, 2.24) is 15.5 Å². The fourth-order valence-electron chi connectivity index (χ4n) is 1.67. The van der Waals surface area contributed by atoms with Gasteiger partial charge in [-0.25, -0.2) is 0 Å². The monoisotopic (exact) mass is 280 g/mol. The van der Waals surface area contributed by atoms with Crippen molar-refractivity contribution in [2.24, 2.45) is 0 Å². The molecule has 0 aliphatic heterocycles. The van der Waals surface area contributed by atoms with Gasteiger partial charge in [-0.3, -0.25) is 0 Å². The molecule has 0 bridgehead atoms. The molecule has 0 spiro atoms. The van der Waals surface area contributed by atoms with Crippen LogP contribution in [-0.2, 0) is 6.54 Å². The molecule has 2 N–H and O–H groups in total. The van der Waals surface area contributed by atoms with E-state index in [0.717, 1.165) is 13.0 Å². The Balaban J connectivity index is 1.88. The predicted octanol–water partition coefficient (Wildman–Crippen LogP) is 3.11. The number of hydrogen-bond donors (Lipinski definition) is 2. The summed E-state index contributed by atoms with van der Waals surface area (Å²) in [6.45, 7) is 7.91. The first-order chi connectivity index (χ1) is 9.20. The minimum Gasteiger partial charge on any atom is -0.406 e. The number of nitrogens with zero attached hydrogens (tertiary/aromatic N) is 2. The summed E-state index contributed by atoms with van der Waals surface area (Å²) >= 11 is 1.70. The molecule has 1 unspecified atom stereocenters. The average molecular weight is 280 g/mol. The van der Waals surface area contributed by atoms with E-state index in [1.165, 1.54) is 11.1 Å². The van der Waals surface area contributed by atoms with Crippen LogP contribution in [0.25, 0.3) is 0 Å². The van der Waals surface area contributed by atoms with E-state index in [-0.39, 0.29) is 6.04 Å². The normalized spacial score (nSPS) is 12.6. The van der Waals surface area contributed by atoms with Crippen molar-refractivity contribution in [2.75, 3.05) is 11.9 Å². The van der Waals surface area contributed by atoms with Crippen LogP contribution in [0.15, 0.2) is 15.2 Å². The highest BCUT2D eigenvalue weighted by Crippen LogP contribution is 2.17. The van der Waals surface area contributed by atoms with Gasteiger partial charge in [0.15, 0.2) is 0 Å². The highest BCUT2D eigenvalue weighted by molar-refractivity contribution is 7.08. The molecule has 6 heteroatoms. The van der Waals surface area contributed by atoms with Crippen LogP contribution in [0.5, 0.6) is 0 Å². The molecule has 0 aliphatic rings. The molecule has 0 radical (unpaired) electrons. The number of anilines is 1. The Morgan fingerprint density at radius 1 is 1.37 bits per heavy atom. The van der Waals surface area contributed by atoms with Crippen molar-refractivity contribution in [1.29, 1.82) is 0 Å². The minimum atomic E-state index is 0.0888. The molecular formula is C13H20N4OS. The van der Waals surface area contributed by atoms with Crippen molar-refractivity contribution in [2.45, 2.75) is 39.8 Å².